The molecule has 1 aromatic carbocycles. The normalized spacial score (nSPS) is 16.0. The minimum absolute atomic E-state index is 0.0177. The van der Waals surface area contributed by atoms with Crippen molar-refractivity contribution in [3.8, 4) is 5.75 Å². The van der Waals surface area contributed by atoms with Gasteiger partial charge in [0.15, 0.2) is 0 Å². The molecular formula is C22H20FN3O2S2. The van der Waals surface area contributed by atoms with Crippen molar-refractivity contribution in [2.24, 2.45) is 5.92 Å². The number of fused-ring (bicyclic) bond motifs is 3. The zero-order chi connectivity index (χ0) is 20.7. The predicted molar refractivity (Wildman–Crippen MR) is 117 cm³/mol. The molecule has 5 nitrogen and oxygen atoms in total. The molecule has 8 heteroatoms. The van der Waals surface area contributed by atoms with Crippen LogP contribution in [0, 0.1) is 11.7 Å². The van der Waals surface area contributed by atoms with E-state index < -0.39 is 0 Å². The van der Waals surface area contributed by atoms with Crippen LogP contribution in [-0.4, -0.2) is 14.5 Å². The van der Waals surface area contributed by atoms with Crippen LogP contribution in [0.2, 0.25) is 0 Å². The third kappa shape index (κ3) is 3.77. The van der Waals surface area contributed by atoms with E-state index in [1.54, 1.807) is 34.4 Å². The predicted octanol–water partition coefficient (Wildman–Crippen LogP) is 4.81. The van der Waals surface area contributed by atoms with Crippen molar-refractivity contribution < 1.29 is 9.13 Å². The largest absolute Gasteiger partial charge is 0.486 e. The Kier molecular flexibility index (Phi) is 5.12. The zero-order valence-electron chi connectivity index (χ0n) is 16.4. The van der Waals surface area contributed by atoms with Crippen LogP contribution < -0.4 is 10.3 Å². The number of ether oxygens (including phenoxy) is 1. The maximum Gasteiger partial charge on any atom is 0.262 e. The molecule has 0 aliphatic heterocycles. The first-order valence-corrected chi connectivity index (χ1v) is 11.6. The van der Waals surface area contributed by atoms with Crippen molar-refractivity contribution >= 4 is 32.9 Å². The Bertz CT molecular complexity index is 1260. The second-order valence-corrected chi connectivity index (χ2v) is 9.71. The molecule has 0 saturated heterocycles. The van der Waals surface area contributed by atoms with Gasteiger partial charge in [0.2, 0.25) is 0 Å². The Labute approximate surface area is 180 Å². The molecule has 0 N–H and O–H groups in total. The smallest absolute Gasteiger partial charge is 0.262 e. The number of hydrogen-bond acceptors (Lipinski definition) is 6. The van der Waals surface area contributed by atoms with Crippen molar-refractivity contribution in [1.82, 2.24) is 14.5 Å². The van der Waals surface area contributed by atoms with Gasteiger partial charge in [-0.3, -0.25) is 9.36 Å². The molecule has 1 atom stereocenters. The lowest BCUT2D eigenvalue weighted by Gasteiger charge is -2.17. The van der Waals surface area contributed by atoms with E-state index in [0.717, 1.165) is 40.2 Å². The summed E-state index contributed by atoms with van der Waals surface area (Å²) in [6.07, 6.45) is 4.75. The average Bonchev–Trinajstić information content (AvgIpc) is 3.33. The van der Waals surface area contributed by atoms with Gasteiger partial charge in [0.05, 0.1) is 24.0 Å². The molecule has 0 unspecified atom stereocenters. The lowest BCUT2D eigenvalue weighted by atomic mass is 9.89. The van der Waals surface area contributed by atoms with Gasteiger partial charge in [-0.25, -0.2) is 14.4 Å². The van der Waals surface area contributed by atoms with E-state index in [1.165, 1.54) is 33.9 Å². The lowest BCUT2D eigenvalue weighted by Crippen LogP contribution is -2.22. The number of hydrogen-bond donors (Lipinski definition) is 0. The molecule has 1 aliphatic carbocycles. The molecule has 0 amide bonds. The van der Waals surface area contributed by atoms with Gasteiger partial charge in [0, 0.05) is 10.3 Å². The Morgan fingerprint density at radius 1 is 1.30 bits per heavy atom. The number of benzene rings is 1. The van der Waals surface area contributed by atoms with Gasteiger partial charge in [-0.2, -0.15) is 0 Å². The number of rotatable bonds is 5. The highest BCUT2D eigenvalue weighted by Crippen LogP contribution is 2.35. The first-order valence-electron chi connectivity index (χ1n) is 9.88. The summed E-state index contributed by atoms with van der Waals surface area (Å²) in [5, 5.41) is 3.53. The van der Waals surface area contributed by atoms with Gasteiger partial charge in [-0.05, 0) is 55.0 Å². The van der Waals surface area contributed by atoms with E-state index in [-0.39, 0.29) is 11.4 Å². The fourth-order valence-electron chi connectivity index (χ4n) is 3.82. The van der Waals surface area contributed by atoms with Gasteiger partial charge in [-0.1, -0.05) is 6.92 Å². The van der Waals surface area contributed by atoms with Crippen LogP contribution in [0.25, 0.3) is 10.2 Å². The molecule has 0 spiro atoms. The Morgan fingerprint density at radius 3 is 2.97 bits per heavy atom. The van der Waals surface area contributed by atoms with Gasteiger partial charge in [-0.15, -0.1) is 22.7 Å². The zero-order valence-corrected chi connectivity index (χ0v) is 18.1. The highest BCUT2D eigenvalue weighted by molar-refractivity contribution is 7.18. The number of thiophene rings is 1. The molecule has 0 radical (unpaired) electrons. The third-order valence-electron chi connectivity index (χ3n) is 5.39. The third-order valence-corrected chi connectivity index (χ3v) is 7.42. The molecule has 0 fully saturated rings. The van der Waals surface area contributed by atoms with Crippen LogP contribution in [-0.2, 0) is 26.0 Å². The summed E-state index contributed by atoms with van der Waals surface area (Å²) < 4.78 is 20.3. The first-order chi connectivity index (χ1) is 14.6. The minimum atomic E-state index is -0.295. The van der Waals surface area contributed by atoms with Gasteiger partial charge >= 0.3 is 0 Å². The highest BCUT2D eigenvalue weighted by atomic mass is 32.1. The number of thiazole rings is 1. The molecule has 5 rings (SSSR count). The second-order valence-electron chi connectivity index (χ2n) is 7.68. The number of nitrogens with zero attached hydrogens (tertiary/aromatic N) is 3. The van der Waals surface area contributed by atoms with Gasteiger partial charge < -0.3 is 4.74 Å². The lowest BCUT2D eigenvalue weighted by molar-refractivity contribution is 0.305. The minimum Gasteiger partial charge on any atom is -0.486 e. The van der Waals surface area contributed by atoms with Crippen LogP contribution in [0.1, 0.15) is 34.5 Å². The maximum absolute atomic E-state index is 13.1. The van der Waals surface area contributed by atoms with Crippen LogP contribution in [0.4, 0.5) is 4.39 Å². The fraction of sp³-hybridized carbons (Fsp3) is 0.318. The monoisotopic (exact) mass is 441 g/mol. The van der Waals surface area contributed by atoms with Crippen LogP contribution in [0.3, 0.4) is 0 Å². The summed E-state index contributed by atoms with van der Waals surface area (Å²) >= 11 is 3.15. The van der Waals surface area contributed by atoms with Crippen LogP contribution >= 0.6 is 22.7 Å². The Morgan fingerprint density at radius 2 is 2.13 bits per heavy atom. The summed E-state index contributed by atoms with van der Waals surface area (Å²) in [6.45, 7) is 2.95. The highest BCUT2D eigenvalue weighted by Gasteiger charge is 2.23. The topological polar surface area (TPSA) is 57.0 Å². The van der Waals surface area contributed by atoms with E-state index in [0.29, 0.717) is 24.8 Å². The van der Waals surface area contributed by atoms with Crippen molar-refractivity contribution in [2.75, 3.05) is 0 Å². The Balaban J connectivity index is 1.34. The summed E-state index contributed by atoms with van der Waals surface area (Å²) in [5.74, 6) is 0.963. The molecular weight excluding hydrogens is 421 g/mol. The maximum atomic E-state index is 13.1. The fourth-order valence-corrected chi connectivity index (χ4v) is 5.85. The summed E-state index contributed by atoms with van der Waals surface area (Å²) in [6, 6.07) is 5.91. The van der Waals surface area contributed by atoms with Crippen LogP contribution in [0.5, 0.6) is 5.75 Å². The van der Waals surface area contributed by atoms with Crippen molar-refractivity contribution in [1.29, 1.82) is 0 Å². The van der Waals surface area contributed by atoms with Crippen molar-refractivity contribution in [2.45, 2.75) is 39.3 Å². The van der Waals surface area contributed by atoms with Gasteiger partial charge in [0.25, 0.3) is 5.56 Å². The van der Waals surface area contributed by atoms with E-state index in [2.05, 4.69) is 16.9 Å². The molecule has 30 heavy (non-hydrogen) atoms. The SMILES string of the molecule is C[C@H]1CCc2c(sc3ncn(Cc4csc(COc5ccc(F)cc5)n4)c(=O)c23)C1. The van der Waals surface area contributed by atoms with E-state index >= 15 is 0 Å². The second kappa shape index (κ2) is 7.92. The number of aryl methyl sites for hydroxylation is 1. The number of halogens is 1. The van der Waals surface area contributed by atoms with Crippen LogP contribution in [0.15, 0.2) is 40.8 Å². The van der Waals surface area contributed by atoms with E-state index in [9.17, 15) is 9.18 Å². The van der Waals surface area contributed by atoms with E-state index in [4.69, 9.17) is 4.74 Å². The molecule has 154 valence electrons. The average molecular weight is 442 g/mol. The summed E-state index contributed by atoms with van der Waals surface area (Å²) in [7, 11) is 0. The number of aromatic nitrogens is 3. The molecule has 3 heterocycles. The van der Waals surface area contributed by atoms with Gasteiger partial charge in [0.1, 0.15) is 28.0 Å². The molecule has 0 bridgehead atoms. The van der Waals surface area contributed by atoms with E-state index in [1.807, 2.05) is 5.38 Å². The summed E-state index contributed by atoms with van der Waals surface area (Å²) in [5.41, 5.74) is 2.02. The molecule has 4 aromatic rings. The standard InChI is InChI=1S/C22H20FN3O2S2/c1-13-2-7-17-18(8-13)30-21-20(17)22(27)26(12-24-21)9-15-11-29-19(25-15)10-28-16-5-3-14(23)4-6-16/h3-6,11-13H,2,7-10H2,1H3/t13-/m0/s1. The quantitative estimate of drug-likeness (QED) is 0.446. The first kappa shape index (κ1) is 19.4. The Hall–Kier alpha value is -2.58. The summed E-state index contributed by atoms with van der Waals surface area (Å²) in [4.78, 5) is 24.4. The van der Waals surface area contributed by atoms with Crippen molar-refractivity contribution in [3.63, 3.8) is 0 Å². The molecule has 3 aromatic heterocycles. The van der Waals surface area contributed by atoms with Crippen molar-refractivity contribution in [3.05, 3.63) is 73.3 Å². The molecule has 0 saturated carbocycles. The molecule has 1 aliphatic rings.